The van der Waals surface area contributed by atoms with Crippen molar-refractivity contribution in [3.8, 4) is 23.0 Å². The first-order valence-corrected chi connectivity index (χ1v) is 20.2. The van der Waals surface area contributed by atoms with Crippen molar-refractivity contribution in [2.24, 2.45) is 0 Å². The normalized spacial score (nSPS) is 12.4. The standard InChI is InChI=1S/C44H43N3O7S2.K/c1-30(56(48,49)50)26-27-45-41-24-14-35(46(31-6-16-37(51-2)17-7-31)32-8-18-38(52-3)19-9-32)28-43(41)55-44-29-36(15-25-42(44)45)47(33-10-20-39(53-4)21-11-33)34-12-22-40(54-5)23-13-34;/h6-25,28-30H,26-27H2,1-5H3,(H,48,49,50);/q;+1/p-1. The van der Waals surface area contributed by atoms with Crippen LogP contribution in [0.1, 0.15) is 13.3 Å². The predicted molar refractivity (Wildman–Crippen MR) is 223 cm³/mol. The van der Waals surface area contributed by atoms with Crippen LogP contribution in [0.25, 0.3) is 0 Å². The summed E-state index contributed by atoms with van der Waals surface area (Å²) >= 11 is 1.64. The van der Waals surface area contributed by atoms with Gasteiger partial charge in [-0.1, -0.05) is 11.8 Å². The number of ether oxygens (including phenoxy) is 4. The van der Waals surface area contributed by atoms with Crippen molar-refractivity contribution in [3.05, 3.63) is 133 Å². The molecule has 0 bridgehead atoms. The van der Waals surface area contributed by atoms with Crippen LogP contribution in [-0.4, -0.2) is 53.2 Å². The number of benzene rings is 6. The van der Waals surface area contributed by atoms with Gasteiger partial charge in [0.05, 0.1) is 49.9 Å². The molecule has 0 saturated carbocycles. The number of rotatable bonds is 14. The fourth-order valence-electron chi connectivity index (χ4n) is 6.66. The number of anilines is 8. The zero-order valence-electron chi connectivity index (χ0n) is 32.7. The Bertz CT molecular complexity index is 2160. The number of methoxy groups -OCH3 is 4. The van der Waals surface area contributed by atoms with E-state index in [2.05, 4.69) is 51.1 Å². The third kappa shape index (κ3) is 9.42. The summed E-state index contributed by atoms with van der Waals surface area (Å²) in [6.07, 6.45) is 0.159. The third-order valence-corrected chi connectivity index (χ3v) is 12.1. The average Bonchev–Trinajstić information content (AvgIpc) is 3.23. The van der Waals surface area contributed by atoms with E-state index in [4.69, 9.17) is 18.9 Å². The summed E-state index contributed by atoms with van der Waals surface area (Å²) in [5, 5.41) is -1.05. The Morgan fingerprint density at radius 3 is 1.12 bits per heavy atom. The van der Waals surface area contributed by atoms with Crippen LogP contribution in [0.15, 0.2) is 143 Å². The minimum atomic E-state index is -4.47. The quantitative estimate of drug-likeness (QED) is 0.0802. The largest absolute Gasteiger partial charge is 1.00 e. The second-order valence-corrected chi connectivity index (χ2v) is 16.0. The molecule has 0 radical (unpaired) electrons. The first-order valence-electron chi connectivity index (χ1n) is 17.9. The van der Waals surface area contributed by atoms with Crippen LogP contribution in [0.2, 0.25) is 0 Å². The van der Waals surface area contributed by atoms with Gasteiger partial charge in [0.15, 0.2) is 0 Å². The van der Waals surface area contributed by atoms with Gasteiger partial charge in [0, 0.05) is 55.7 Å². The number of fused-ring (bicyclic) bond motifs is 2. The van der Waals surface area contributed by atoms with Gasteiger partial charge in [-0.3, -0.25) is 0 Å². The van der Waals surface area contributed by atoms with E-state index in [-0.39, 0.29) is 57.8 Å². The Morgan fingerprint density at radius 2 is 0.842 bits per heavy atom. The van der Waals surface area contributed by atoms with Gasteiger partial charge in [0.1, 0.15) is 23.0 Å². The second kappa shape index (κ2) is 18.6. The van der Waals surface area contributed by atoms with Crippen LogP contribution < -0.4 is 85.0 Å². The maximum atomic E-state index is 12.0. The molecule has 13 heteroatoms. The topological polar surface area (TPSA) is 104 Å². The Kier molecular flexibility index (Phi) is 13.8. The Morgan fingerprint density at radius 1 is 0.544 bits per heavy atom. The molecule has 0 saturated heterocycles. The average molecular weight is 828 g/mol. The fourth-order valence-corrected chi connectivity index (χ4v) is 8.21. The van der Waals surface area contributed by atoms with Crippen LogP contribution in [0, 0.1) is 0 Å². The molecule has 288 valence electrons. The molecule has 6 aromatic carbocycles. The molecule has 0 fully saturated rings. The van der Waals surface area contributed by atoms with Gasteiger partial charge in [0.2, 0.25) is 0 Å². The van der Waals surface area contributed by atoms with Gasteiger partial charge in [-0.2, -0.15) is 0 Å². The molecule has 0 aromatic heterocycles. The van der Waals surface area contributed by atoms with E-state index in [1.807, 2.05) is 97.1 Å². The predicted octanol–water partition coefficient (Wildman–Crippen LogP) is 7.59. The molecule has 7 rings (SSSR count). The van der Waals surface area contributed by atoms with E-state index < -0.39 is 15.4 Å². The SMILES string of the molecule is COc1ccc(N(c2ccc(OC)cc2)c2ccc3c(c2)Sc2cc(N(c4ccc(OC)cc4)c4ccc(OC)cc4)ccc2N3CCC(C)S(=O)(=O)[O-])cc1.[K+]. The van der Waals surface area contributed by atoms with E-state index in [1.54, 1.807) is 40.2 Å². The summed E-state index contributed by atoms with van der Waals surface area (Å²) in [6.45, 7) is 1.79. The zero-order valence-corrected chi connectivity index (χ0v) is 37.5. The van der Waals surface area contributed by atoms with Crippen molar-refractivity contribution < 1.29 is 83.3 Å². The van der Waals surface area contributed by atoms with Crippen molar-refractivity contribution in [2.45, 2.75) is 28.4 Å². The summed E-state index contributed by atoms with van der Waals surface area (Å²) in [6, 6.07) is 44.1. The van der Waals surface area contributed by atoms with Crippen molar-refractivity contribution in [1.82, 2.24) is 0 Å². The summed E-state index contributed by atoms with van der Waals surface area (Å²) in [5.41, 5.74) is 7.39. The summed E-state index contributed by atoms with van der Waals surface area (Å²) in [4.78, 5) is 8.38. The van der Waals surface area contributed by atoms with Gasteiger partial charge >= 0.3 is 51.4 Å². The number of nitrogens with zero attached hydrogens (tertiary/aromatic N) is 3. The van der Waals surface area contributed by atoms with Crippen LogP contribution in [0.5, 0.6) is 23.0 Å². The van der Waals surface area contributed by atoms with Crippen LogP contribution >= 0.6 is 11.8 Å². The molecule has 0 spiro atoms. The summed E-state index contributed by atoms with van der Waals surface area (Å²) in [7, 11) is 2.11. The molecule has 6 aromatic rings. The molecule has 0 aliphatic carbocycles. The second-order valence-electron chi connectivity index (χ2n) is 13.1. The fraction of sp³-hybridized carbons (Fsp3) is 0.182. The summed E-state index contributed by atoms with van der Waals surface area (Å²) in [5.74, 6) is 3.00. The first-order chi connectivity index (χ1) is 27.1. The molecule has 1 aliphatic heterocycles. The Hall–Kier alpha value is -4.18. The molecular formula is C44H42KN3O7S2. The Labute approximate surface area is 381 Å². The zero-order chi connectivity index (χ0) is 39.4. The minimum absolute atomic E-state index is 0. The van der Waals surface area contributed by atoms with Crippen molar-refractivity contribution in [3.63, 3.8) is 0 Å². The molecule has 10 nitrogen and oxygen atoms in total. The maximum absolute atomic E-state index is 12.0. The van der Waals surface area contributed by atoms with Gasteiger partial charge in [-0.05, 0) is 147 Å². The molecule has 1 atom stereocenters. The smallest absolute Gasteiger partial charge is 0.748 e. The van der Waals surface area contributed by atoms with Gasteiger partial charge in [-0.25, -0.2) is 8.42 Å². The molecule has 0 amide bonds. The first kappa shape index (κ1) is 42.4. The molecule has 1 heterocycles. The van der Waals surface area contributed by atoms with E-state index in [1.165, 1.54) is 6.92 Å². The number of hydrogen-bond acceptors (Lipinski definition) is 11. The number of hydrogen-bond donors (Lipinski definition) is 0. The van der Waals surface area contributed by atoms with Crippen molar-refractivity contribution in [1.29, 1.82) is 0 Å². The minimum Gasteiger partial charge on any atom is -0.748 e. The third-order valence-electron chi connectivity index (χ3n) is 9.78. The molecule has 1 aliphatic rings. The molecule has 57 heavy (non-hydrogen) atoms. The van der Waals surface area contributed by atoms with Gasteiger partial charge in [-0.15, -0.1) is 0 Å². The van der Waals surface area contributed by atoms with Crippen molar-refractivity contribution in [2.75, 3.05) is 49.7 Å². The van der Waals surface area contributed by atoms with Gasteiger partial charge < -0.3 is 38.2 Å². The monoisotopic (exact) mass is 827 g/mol. The van der Waals surface area contributed by atoms with Gasteiger partial charge in [0.25, 0.3) is 0 Å². The van der Waals surface area contributed by atoms with E-state index in [9.17, 15) is 13.0 Å². The van der Waals surface area contributed by atoms with Crippen LogP contribution in [0.4, 0.5) is 45.5 Å². The molecule has 0 N–H and O–H groups in total. The molecular weight excluding hydrogens is 786 g/mol. The maximum Gasteiger partial charge on any atom is 1.00 e. The van der Waals surface area contributed by atoms with E-state index in [0.29, 0.717) is 6.54 Å². The van der Waals surface area contributed by atoms with Crippen molar-refractivity contribution >= 4 is 67.4 Å². The molecule has 1 unspecified atom stereocenters. The Balaban J connectivity index is 0.00000549. The summed E-state index contributed by atoms with van der Waals surface area (Å²) < 4.78 is 57.9. The van der Waals surface area contributed by atoms with Crippen LogP contribution in [-0.2, 0) is 10.1 Å². The van der Waals surface area contributed by atoms with Crippen LogP contribution in [0.3, 0.4) is 0 Å². The van der Waals surface area contributed by atoms with E-state index >= 15 is 0 Å². The van der Waals surface area contributed by atoms with E-state index in [0.717, 1.165) is 78.3 Å².